The summed E-state index contributed by atoms with van der Waals surface area (Å²) in [5, 5.41) is 0. The van der Waals surface area contributed by atoms with Crippen LogP contribution in [0.2, 0.25) is 0 Å². The van der Waals surface area contributed by atoms with Crippen molar-refractivity contribution < 1.29 is 0 Å². The first-order valence-electron chi connectivity index (χ1n) is 4.95. The molecule has 2 N–H and O–H groups in total. The van der Waals surface area contributed by atoms with Gasteiger partial charge in [0.2, 0.25) is 0 Å². The number of pyridine rings is 1. The summed E-state index contributed by atoms with van der Waals surface area (Å²) in [6, 6.07) is 3.91. The number of imidazole rings is 1. The molecule has 0 bridgehead atoms. The highest BCUT2D eigenvalue weighted by Gasteiger charge is 2.07. The fourth-order valence-electron chi connectivity index (χ4n) is 1.60. The molecule has 2 rings (SSSR count). The van der Waals surface area contributed by atoms with Gasteiger partial charge in [-0.05, 0) is 19.1 Å². The van der Waals surface area contributed by atoms with E-state index in [1.165, 1.54) is 0 Å². The van der Waals surface area contributed by atoms with E-state index in [1.807, 2.05) is 31.5 Å². The number of aromatic nitrogens is 3. The molecule has 2 heterocycles. The highest BCUT2D eigenvalue weighted by Crippen LogP contribution is 2.17. The van der Waals surface area contributed by atoms with Crippen LogP contribution in [-0.4, -0.2) is 21.1 Å². The maximum Gasteiger partial charge on any atom is 0.141 e. The standard InChI is InChI=1S/C11H14N4.2ClH/c1-9-7-14-11(15(9)6-4-12)10-3-2-5-13-8-10;;/h2-3,5,7-8H,4,6,12H2,1H3;2*1H. The van der Waals surface area contributed by atoms with Crippen LogP contribution < -0.4 is 5.73 Å². The fourth-order valence-corrected chi connectivity index (χ4v) is 1.60. The third-order valence-corrected chi connectivity index (χ3v) is 2.33. The molecular weight excluding hydrogens is 259 g/mol. The molecule has 2 aromatic rings. The van der Waals surface area contributed by atoms with Gasteiger partial charge in [0.25, 0.3) is 0 Å². The van der Waals surface area contributed by atoms with Crippen LogP contribution in [-0.2, 0) is 6.54 Å². The summed E-state index contributed by atoms with van der Waals surface area (Å²) in [5.41, 5.74) is 7.72. The van der Waals surface area contributed by atoms with E-state index >= 15 is 0 Å². The molecule has 0 fully saturated rings. The molecule has 2 aromatic heterocycles. The van der Waals surface area contributed by atoms with Gasteiger partial charge in [0, 0.05) is 42.9 Å². The molecule has 0 radical (unpaired) electrons. The average molecular weight is 275 g/mol. The second kappa shape index (κ2) is 7.27. The van der Waals surface area contributed by atoms with Gasteiger partial charge in [0.1, 0.15) is 5.82 Å². The van der Waals surface area contributed by atoms with E-state index in [4.69, 9.17) is 5.73 Å². The highest BCUT2D eigenvalue weighted by molar-refractivity contribution is 5.85. The van der Waals surface area contributed by atoms with Gasteiger partial charge in [-0.25, -0.2) is 4.98 Å². The van der Waals surface area contributed by atoms with E-state index < -0.39 is 0 Å². The van der Waals surface area contributed by atoms with Crippen LogP contribution >= 0.6 is 24.8 Å². The van der Waals surface area contributed by atoms with Crippen molar-refractivity contribution in [3.63, 3.8) is 0 Å². The number of hydrogen-bond acceptors (Lipinski definition) is 3. The second-order valence-corrected chi connectivity index (χ2v) is 3.41. The summed E-state index contributed by atoms with van der Waals surface area (Å²) in [7, 11) is 0. The van der Waals surface area contributed by atoms with Gasteiger partial charge in [0.05, 0.1) is 0 Å². The topological polar surface area (TPSA) is 56.7 Å². The Hall–Kier alpha value is -1.10. The van der Waals surface area contributed by atoms with E-state index in [0.29, 0.717) is 6.54 Å². The zero-order valence-electron chi connectivity index (χ0n) is 9.54. The summed E-state index contributed by atoms with van der Waals surface area (Å²) >= 11 is 0. The van der Waals surface area contributed by atoms with Crippen LogP contribution in [0.3, 0.4) is 0 Å². The van der Waals surface area contributed by atoms with Crippen LogP contribution in [0.4, 0.5) is 0 Å². The minimum Gasteiger partial charge on any atom is -0.329 e. The summed E-state index contributed by atoms with van der Waals surface area (Å²) in [5.74, 6) is 0.936. The first-order chi connectivity index (χ1) is 7.33. The summed E-state index contributed by atoms with van der Waals surface area (Å²) < 4.78 is 2.11. The van der Waals surface area contributed by atoms with E-state index in [0.717, 1.165) is 23.6 Å². The molecule has 0 unspecified atom stereocenters. The monoisotopic (exact) mass is 274 g/mol. The van der Waals surface area contributed by atoms with Crippen LogP contribution in [0.25, 0.3) is 11.4 Å². The van der Waals surface area contributed by atoms with Crippen molar-refractivity contribution in [2.75, 3.05) is 6.54 Å². The van der Waals surface area contributed by atoms with Crippen molar-refractivity contribution >= 4 is 24.8 Å². The van der Waals surface area contributed by atoms with Crippen molar-refractivity contribution in [1.29, 1.82) is 0 Å². The summed E-state index contributed by atoms with van der Waals surface area (Å²) in [4.78, 5) is 8.46. The normalized spacial score (nSPS) is 9.29. The van der Waals surface area contributed by atoms with Crippen molar-refractivity contribution in [2.24, 2.45) is 5.73 Å². The molecule has 0 saturated carbocycles. The Labute approximate surface area is 113 Å². The summed E-state index contributed by atoms with van der Waals surface area (Å²) in [6.07, 6.45) is 5.43. The molecule has 0 atom stereocenters. The molecule has 17 heavy (non-hydrogen) atoms. The van der Waals surface area contributed by atoms with E-state index in [2.05, 4.69) is 14.5 Å². The molecular formula is C11H16Cl2N4. The first kappa shape index (κ1) is 15.9. The number of rotatable bonds is 3. The second-order valence-electron chi connectivity index (χ2n) is 3.41. The van der Waals surface area contributed by atoms with E-state index in [9.17, 15) is 0 Å². The van der Waals surface area contributed by atoms with Gasteiger partial charge in [-0.15, -0.1) is 24.8 Å². The molecule has 0 aromatic carbocycles. The zero-order valence-corrected chi connectivity index (χ0v) is 11.2. The highest BCUT2D eigenvalue weighted by atomic mass is 35.5. The van der Waals surface area contributed by atoms with Crippen molar-refractivity contribution in [2.45, 2.75) is 13.5 Å². The minimum absolute atomic E-state index is 0. The quantitative estimate of drug-likeness (QED) is 0.932. The third-order valence-electron chi connectivity index (χ3n) is 2.33. The Morgan fingerprint density at radius 1 is 1.29 bits per heavy atom. The minimum atomic E-state index is 0. The Morgan fingerprint density at radius 2 is 2.06 bits per heavy atom. The molecule has 4 nitrogen and oxygen atoms in total. The van der Waals surface area contributed by atoms with Gasteiger partial charge in [-0.3, -0.25) is 4.98 Å². The predicted octanol–water partition coefficient (Wildman–Crippen LogP) is 2.06. The summed E-state index contributed by atoms with van der Waals surface area (Å²) in [6.45, 7) is 3.43. The average Bonchev–Trinajstić information content (AvgIpc) is 2.63. The van der Waals surface area contributed by atoms with Crippen LogP contribution in [0.5, 0.6) is 0 Å². The third kappa shape index (κ3) is 3.43. The van der Waals surface area contributed by atoms with Gasteiger partial charge in [0.15, 0.2) is 0 Å². The van der Waals surface area contributed by atoms with Crippen molar-refractivity contribution in [3.05, 3.63) is 36.4 Å². The SMILES string of the molecule is Cc1cnc(-c2cccnc2)n1CCN.Cl.Cl. The zero-order chi connectivity index (χ0) is 10.7. The van der Waals surface area contributed by atoms with Gasteiger partial charge < -0.3 is 10.3 Å². The maximum absolute atomic E-state index is 5.57. The Kier molecular flexibility index (Phi) is 6.80. The van der Waals surface area contributed by atoms with Gasteiger partial charge in [-0.1, -0.05) is 0 Å². The number of nitrogens with two attached hydrogens (primary N) is 1. The first-order valence-corrected chi connectivity index (χ1v) is 4.95. The Bertz CT molecular complexity index is 442. The predicted molar refractivity (Wildman–Crippen MR) is 73.7 cm³/mol. The van der Waals surface area contributed by atoms with Crippen molar-refractivity contribution in [3.8, 4) is 11.4 Å². The van der Waals surface area contributed by atoms with Gasteiger partial charge >= 0.3 is 0 Å². The number of aryl methyl sites for hydroxylation is 1. The van der Waals surface area contributed by atoms with E-state index in [-0.39, 0.29) is 24.8 Å². The maximum atomic E-state index is 5.57. The number of halogens is 2. The number of nitrogens with zero attached hydrogens (tertiary/aromatic N) is 3. The molecule has 0 saturated heterocycles. The lowest BCUT2D eigenvalue weighted by Gasteiger charge is -2.07. The molecule has 0 aliphatic carbocycles. The smallest absolute Gasteiger partial charge is 0.141 e. The molecule has 0 aliphatic rings. The van der Waals surface area contributed by atoms with Crippen LogP contribution in [0.15, 0.2) is 30.7 Å². The van der Waals surface area contributed by atoms with E-state index in [1.54, 1.807) is 6.20 Å². The Morgan fingerprint density at radius 3 is 2.65 bits per heavy atom. The molecule has 6 heteroatoms. The van der Waals surface area contributed by atoms with Crippen LogP contribution in [0.1, 0.15) is 5.69 Å². The lowest BCUT2D eigenvalue weighted by atomic mass is 10.2. The molecule has 94 valence electrons. The molecule has 0 amide bonds. The molecule has 0 spiro atoms. The van der Waals surface area contributed by atoms with Gasteiger partial charge in [-0.2, -0.15) is 0 Å². The molecule has 0 aliphatic heterocycles. The lowest BCUT2D eigenvalue weighted by Crippen LogP contribution is -2.12. The Balaban J connectivity index is 0.00000128. The lowest BCUT2D eigenvalue weighted by molar-refractivity contribution is 0.696. The number of hydrogen-bond donors (Lipinski definition) is 1. The largest absolute Gasteiger partial charge is 0.329 e. The van der Waals surface area contributed by atoms with Crippen LogP contribution in [0, 0.1) is 6.92 Å². The van der Waals surface area contributed by atoms with Crippen molar-refractivity contribution in [1.82, 2.24) is 14.5 Å². The fraction of sp³-hybridized carbons (Fsp3) is 0.273.